The summed E-state index contributed by atoms with van der Waals surface area (Å²) in [6.07, 6.45) is 6.80. The van der Waals surface area contributed by atoms with Crippen molar-refractivity contribution >= 4 is 16.9 Å². The highest BCUT2D eigenvalue weighted by atomic mass is 16.5. The third kappa shape index (κ3) is 2.50. The molecule has 116 valence electrons. The standard InChI is InChI=1S/C17H21N3O2/c21-15-13-5-1-2-6-14(13)19-16(20-15)18-12-7-10-22-17(11-12)8-3-4-9-17/h1-2,5-6,12H,3-4,7-11H2,(H2,18,19,20,21). The molecule has 4 rings (SSSR count). The molecule has 1 aliphatic carbocycles. The van der Waals surface area contributed by atoms with Gasteiger partial charge in [0.2, 0.25) is 5.95 Å². The minimum absolute atomic E-state index is 0.0626. The minimum Gasteiger partial charge on any atom is -0.375 e. The molecule has 2 heterocycles. The number of hydrogen-bond donors (Lipinski definition) is 2. The minimum atomic E-state index is -0.0873. The Bertz CT molecular complexity index is 734. The van der Waals surface area contributed by atoms with Crippen molar-refractivity contribution in [2.24, 2.45) is 0 Å². The molecule has 1 atom stereocenters. The van der Waals surface area contributed by atoms with Crippen molar-refractivity contribution in [3.05, 3.63) is 34.6 Å². The van der Waals surface area contributed by atoms with Gasteiger partial charge in [0.1, 0.15) is 0 Å². The van der Waals surface area contributed by atoms with Gasteiger partial charge >= 0.3 is 0 Å². The van der Waals surface area contributed by atoms with Gasteiger partial charge in [0.15, 0.2) is 0 Å². The number of ether oxygens (including phenoxy) is 1. The predicted molar refractivity (Wildman–Crippen MR) is 86.2 cm³/mol. The third-order valence-corrected chi connectivity index (χ3v) is 4.96. The molecular weight excluding hydrogens is 278 g/mol. The zero-order valence-electron chi connectivity index (χ0n) is 12.6. The summed E-state index contributed by atoms with van der Waals surface area (Å²) in [6.45, 7) is 0.787. The molecule has 2 N–H and O–H groups in total. The summed E-state index contributed by atoms with van der Waals surface area (Å²) in [4.78, 5) is 19.5. The molecule has 0 bridgehead atoms. The fraction of sp³-hybridized carbons (Fsp3) is 0.529. The van der Waals surface area contributed by atoms with Crippen molar-refractivity contribution in [1.29, 1.82) is 0 Å². The van der Waals surface area contributed by atoms with Crippen molar-refractivity contribution in [3.8, 4) is 0 Å². The molecule has 0 radical (unpaired) electrons. The second-order valence-corrected chi connectivity index (χ2v) is 6.50. The van der Waals surface area contributed by atoms with Gasteiger partial charge < -0.3 is 10.1 Å². The number of para-hydroxylation sites is 1. The molecular formula is C17H21N3O2. The lowest BCUT2D eigenvalue weighted by Crippen LogP contribution is -2.42. The van der Waals surface area contributed by atoms with Gasteiger partial charge in [0.25, 0.3) is 5.56 Å². The van der Waals surface area contributed by atoms with Crippen LogP contribution in [0, 0.1) is 0 Å². The number of rotatable bonds is 2. The van der Waals surface area contributed by atoms with Gasteiger partial charge in [0, 0.05) is 12.6 Å². The maximum absolute atomic E-state index is 12.1. The second kappa shape index (κ2) is 5.39. The van der Waals surface area contributed by atoms with E-state index in [1.165, 1.54) is 12.8 Å². The highest BCUT2D eigenvalue weighted by Gasteiger charge is 2.40. The average molecular weight is 299 g/mol. The van der Waals surface area contributed by atoms with E-state index in [1.54, 1.807) is 6.07 Å². The molecule has 22 heavy (non-hydrogen) atoms. The number of fused-ring (bicyclic) bond motifs is 1. The molecule has 1 spiro atoms. The fourth-order valence-corrected chi connectivity index (χ4v) is 3.87. The zero-order valence-corrected chi connectivity index (χ0v) is 12.6. The van der Waals surface area contributed by atoms with Crippen LogP contribution >= 0.6 is 0 Å². The molecule has 5 nitrogen and oxygen atoms in total. The lowest BCUT2D eigenvalue weighted by Gasteiger charge is -2.38. The molecule has 0 amide bonds. The van der Waals surface area contributed by atoms with Gasteiger partial charge in [-0.1, -0.05) is 25.0 Å². The van der Waals surface area contributed by atoms with Crippen LogP contribution in [-0.4, -0.2) is 28.2 Å². The van der Waals surface area contributed by atoms with E-state index in [1.807, 2.05) is 18.2 Å². The van der Waals surface area contributed by atoms with E-state index in [-0.39, 0.29) is 11.2 Å². The van der Waals surface area contributed by atoms with Crippen LogP contribution in [0.3, 0.4) is 0 Å². The number of aromatic nitrogens is 2. The van der Waals surface area contributed by atoms with E-state index >= 15 is 0 Å². The number of nitrogens with zero attached hydrogens (tertiary/aromatic N) is 1. The van der Waals surface area contributed by atoms with Crippen molar-refractivity contribution in [3.63, 3.8) is 0 Å². The first-order valence-electron chi connectivity index (χ1n) is 8.14. The van der Waals surface area contributed by atoms with E-state index < -0.39 is 0 Å². The van der Waals surface area contributed by atoms with Crippen LogP contribution in [0.15, 0.2) is 29.1 Å². The molecule has 2 aromatic rings. The molecule has 1 aromatic heterocycles. The molecule has 2 fully saturated rings. The summed E-state index contributed by atoms with van der Waals surface area (Å²) in [7, 11) is 0. The molecule has 2 aliphatic rings. The van der Waals surface area contributed by atoms with Gasteiger partial charge in [-0.2, -0.15) is 0 Å². The Hall–Kier alpha value is -1.88. The molecule has 1 aliphatic heterocycles. The summed E-state index contributed by atoms with van der Waals surface area (Å²) in [5, 5.41) is 4.05. The number of aromatic amines is 1. The van der Waals surface area contributed by atoms with Crippen LogP contribution < -0.4 is 10.9 Å². The Morgan fingerprint density at radius 2 is 2.09 bits per heavy atom. The van der Waals surface area contributed by atoms with Crippen molar-refractivity contribution < 1.29 is 4.74 Å². The Morgan fingerprint density at radius 3 is 2.95 bits per heavy atom. The quantitative estimate of drug-likeness (QED) is 0.895. The Balaban J connectivity index is 1.57. The van der Waals surface area contributed by atoms with E-state index in [9.17, 15) is 4.79 Å². The fourth-order valence-electron chi connectivity index (χ4n) is 3.87. The maximum Gasteiger partial charge on any atom is 0.260 e. The van der Waals surface area contributed by atoms with Gasteiger partial charge in [0.05, 0.1) is 16.5 Å². The number of nitrogens with one attached hydrogen (secondary N) is 2. The Labute approximate surface area is 129 Å². The predicted octanol–water partition coefficient (Wildman–Crippen LogP) is 2.83. The zero-order chi connectivity index (χ0) is 15.0. The van der Waals surface area contributed by atoms with Crippen LogP contribution in [0.1, 0.15) is 38.5 Å². The summed E-state index contributed by atoms with van der Waals surface area (Å²) in [6, 6.07) is 7.75. The number of benzene rings is 1. The van der Waals surface area contributed by atoms with Gasteiger partial charge in [-0.25, -0.2) is 4.98 Å². The van der Waals surface area contributed by atoms with E-state index in [0.717, 1.165) is 37.8 Å². The van der Waals surface area contributed by atoms with Crippen LogP contribution in [0.5, 0.6) is 0 Å². The summed E-state index contributed by atoms with van der Waals surface area (Å²) < 4.78 is 6.06. The number of anilines is 1. The normalized spacial score (nSPS) is 23.9. The second-order valence-electron chi connectivity index (χ2n) is 6.50. The Kier molecular flexibility index (Phi) is 3.37. The van der Waals surface area contributed by atoms with Gasteiger partial charge in [-0.05, 0) is 37.8 Å². The lowest BCUT2D eigenvalue weighted by atomic mass is 9.89. The topological polar surface area (TPSA) is 67.0 Å². The molecule has 1 unspecified atom stereocenters. The molecule has 5 heteroatoms. The maximum atomic E-state index is 12.1. The van der Waals surface area contributed by atoms with E-state index in [0.29, 0.717) is 17.4 Å². The monoisotopic (exact) mass is 299 g/mol. The Morgan fingerprint density at radius 1 is 1.27 bits per heavy atom. The highest BCUT2D eigenvalue weighted by molar-refractivity contribution is 5.78. The molecule has 1 saturated carbocycles. The number of H-pyrrole nitrogens is 1. The molecule has 1 aromatic carbocycles. The van der Waals surface area contributed by atoms with Crippen molar-refractivity contribution in [2.45, 2.75) is 50.2 Å². The summed E-state index contributed by atoms with van der Waals surface area (Å²) >= 11 is 0. The first-order valence-corrected chi connectivity index (χ1v) is 8.14. The van der Waals surface area contributed by atoms with Crippen LogP contribution in [0.25, 0.3) is 10.9 Å². The highest BCUT2D eigenvalue weighted by Crippen LogP contribution is 2.40. The SMILES string of the molecule is O=c1[nH]c(NC2CCOC3(CCCC3)C2)nc2ccccc12. The lowest BCUT2D eigenvalue weighted by molar-refractivity contribution is -0.0767. The largest absolute Gasteiger partial charge is 0.375 e. The number of hydrogen-bond acceptors (Lipinski definition) is 4. The molecule has 1 saturated heterocycles. The van der Waals surface area contributed by atoms with E-state index in [2.05, 4.69) is 15.3 Å². The van der Waals surface area contributed by atoms with Crippen molar-refractivity contribution in [2.75, 3.05) is 11.9 Å². The third-order valence-electron chi connectivity index (χ3n) is 4.96. The smallest absolute Gasteiger partial charge is 0.260 e. The first-order chi connectivity index (χ1) is 10.7. The van der Waals surface area contributed by atoms with E-state index in [4.69, 9.17) is 4.74 Å². The van der Waals surface area contributed by atoms with Gasteiger partial charge in [-0.15, -0.1) is 0 Å². The van der Waals surface area contributed by atoms with Crippen LogP contribution in [0.2, 0.25) is 0 Å². The van der Waals surface area contributed by atoms with Crippen LogP contribution in [0.4, 0.5) is 5.95 Å². The first kappa shape index (κ1) is 13.8. The summed E-state index contributed by atoms with van der Waals surface area (Å²) in [5.41, 5.74) is 0.708. The van der Waals surface area contributed by atoms with Crippen LogP contribution in [-0.2, 0) is 4.74 Å². The average Bonchev–Trinajstić information content (AvgIpc) is 2.95. The van der Waals surface area contributed by atoms with Gasteiger partial charge in [-0.3, -0.25) is 9.78 Å². The van der Waals surface area contributed by atoms with Crippen molar-refractivity contribution in [1.82, 2.24) is 9.97 Å². The summed E-state index contributed by atoms with van der Waals surface area (Å²) in [5.74, 6) is 0.573.